The zero-order valence-corrected chi connectivity index (χ0v) is 15.3. The van der Waals surface area contributed by atoms with Gasteiger partial charge in [-0.1, -0.05) is 18.6 Å². The van der Waals surface area contributed by atoms with Crippen molar-refractivity contribution >= 4 is 11.9 Å². The second kappa shape index (κ2) is 5.30. The zero-order valence-electron chi connectivity index (χ0n) is 15.3. The third-order valence-electron chi connectivity index (χ3n) is 7.06. The van der Waals surface area contributed by atoms with Crippen LogP contribution >= 0.6 is 0 Å². The van der Waals surface area contributed by atoms with Crippen molar-refractivity contribution < 1.29 is 28.5 Å². The minimum Gasteiger partial charge on any atom is -0.465 e. The minimum atomic E-state index is -0.457. The van der Waals surface area contributed by atoms with Gasteiger partial charge in [-0.25, -0.2) is 0 Å². The molecule has 3 fully saturated rings. The Balaban J connectivity index is 1.82. The van der Waals surface area contributed by atoms with Gasteiger partial charge in [0.25, 0.3) is 0 Å². The number of hydrogen-bond donors (Lipinski definition) is 0. The number of carbonyl (C=O) groups excluding carboxylic acids is 2. The van der Waals surface area contributed by atoms with Gasteiger partial charge in [0.05, 0.1) is 24.2 Å². The molecule has 138 valence electrons. The summed E-state index contributed by atoms with van der Waals surface area (Å²) in [4.78, 5) is 23.3. The first kappa shape index (κ1) is 17.0. The molecular weight excluding hydrogens is 324 g/mol. The highest BCUT2D eigenvalue weighted by atomic mass is 16.6. The molecule has 0 aromatic carbocycles. The van der Waals surface area contributed by atoms with Gasteiger partial charge < -0.3 is 18.9 Å². The highest BCUT2D eigenvalue weighted by molar-refractivity contribution is 5.67. The van der Waals surface area contributed by atoms with E-state index in [1.54, 1.807) is 0 Å². The number of esters is 2. The highest BCUT2D eigenvalue weighted by Gasteiger charge is 2.83. The van der Waals surface area contributed by atoms with Crippen LogP contribution in [-0.4, -0.2) is 49.1 Å². The number of rotatable bonds is 3. The maximum atomic E-state index is 11.7. The summed E-state index contributed by atoms with van der Waals surface area (Å²) in [6.07, 6.45) is 3.95. The minimum absolute atomic E-state index is 0.0977. The van der Waals surface area contributed by atoms with Crippen LogP contribution in [0.4, 0.5) is 0 Å². The van der Waals surface area contributed by atoms with Crippen LogP contribution in [0, 0.1) is 10.8 Å². The van der Waals surface area contributed by atoms with Crippen molar-refractivity contribution in [1.29, 1.82) is 0 Å². The molecule has 4 aliphatic rings. The van der Waals surface area contributed by atoms with E-state index in [-0.39, 0.29) is 36.9 Å². The molecule has 0 aromatic heterocycles. The van der Waals surface area contributed by atoms with E-state index in [1.807, 2.05) is 0 Å². The molecule has 0 N–H and O–H groups in total. The molecule has 1 saturated carbocycles. The lowest BCUT2D eigenvalue weighted by Crippen LogP contribution is -2.66. The fourth-order valence-corrected chi connectivity index (χ4v) is 5.56. The molecule has 2 aliphatic carbocycles. The maximum Gasteiger partial charge on any atom is 0.302 e. The summed E-state index contributed by atoms with van der Waals surface area (Å²) >= 11 is 0. The normalized spacial score (nSPS) is 47.0. The van der Waals surface area contributed by atoms with Gasteiger partial charge in [0.2, 0.25) is 0 Å². The molecule has 2 saturated heterocycles. The second-order valence-corrected chi connectivity index (χ2v) is 8.21. The quantitative estimate of drug-likeness (QED) is 0.441. The summed E-state index contributed by atoms with van der Waals surface area (Å²) in [5, 5.41) is 0. The van der Waals surface area contributed by atoms with E-state index < -0.39 is 16.4 Å². The lowest BCUT2D eigenvalue weighted by atomic mass is 9.51. The smallest absolute Gasteiger partial charge is 0.302 e. The molecule has 2 heterocycles. The number of allylic oxidation sites excluding steroid dienone is 1. The van der Waals surface area contributed by atoms with Crippen LogP contribution in [0.3, 0.4) is 0 Å². The summed E-state index contributed by atoms with van der Waals surface area (Å²) in [5.74, 6) is -0.603. The van der Waals surface area contributed by atoms with E-state index in [4.69, 9.17) is 18.9 Å². The average Bonchev–Trinajstić information content (AvgIpc) is 3.29. The molecule has 6 nitrogen and oxygen atoms in total. The topological polar surface area (TPSA) is 74.4 Å². The number of hydrogen-bond acceptors (Lipinski definition) is 6. The first-order chi connectivity index (χ1) is 11.7. The van der Waals surface area contributed by atoms with E-state index in [2.05, 4.69) is 19.9 Å². The van der Waals surface area contributed by atoms with Gasteiger partial charge in [-0.05, 0) is 19.8 Å². The van der Waals surface area contributed by atoms with Gasteiger partial charge in [-0.2, -0.15) is 0 Å². The molecule has 2 aliphatic heterocycles. The van der Waals surface area contributed by atoms with Crippen LogP contribution in [0.5, 0.6) is 0 Å². The summed E-state index contributed by atoms with van der Waals surface area (Å²) in [6, 6.07) is 0. The van der Waals surface area contributed by atoms with Gasteiger partial charge in [-0.3, -0.25) is 9.59 Å². The Bertz CT molecular complexity index is 650. The maximum absolute atomic E-state index is 11.7. The van der Waals surface area contributed by atoms with E-state index in [0.29, 0.717) is 13.0 Å². The van der Waals surface area contributed by atoms with E-state index in [0.717, 1.165) is 12.8 Å². The first-order valence-corrected chi connectivity index (χ1v) is 9.02. The lowest BCUT2D eigenvalue weighted by Gasteiger charge is -2.58. The molecule has 0 aromatic rings. The summed E-state index contributed by atoms with van der Waals surface area (Å²) in [5.41, 5.74) is -0.0699. The third kappa shape index (κ3) is 2.10. The molecule has 2 bridgehead atoms. The van der Waals surface area contributed by atoms with Crippen molar-refractivity contribution in [3.63, 3.8) is 0 Å². The van der Waals surface area contributed by atoms with Crippen molar-refractivity contribution in [2.24, 2.45) is 10.8 Å². The van der Waals surface area contributed by atoms with Crippen LogP contribution in [0.15, 0.2) is 11.6 Å². The predicted octanol–water partition coefficient (Wildman–Crippen LogP) is 2.15. The third-order valence-corrected chi connectivity index (χ3v) is 7.06. The molecule has 0 amide bonds. The van der Waals surface area contributed by atoms with Crippen LogP contribution in [0.25, 0.3) is 0 Å². The van der Waals surface area contributed by atoms with E-state index in [1.165, 1.54) is 19.4 Å². The Morgan fingerprint density at radius 1 is 1.32 bits per heavy atom. The van der Waals surface area contributed by atoms with Crippen LogP contribution < -0.4 is 0 Å². The SMILES string of the molecule is CC(=O)OC[C@]12CCC(C)=C[C@H]1O[C@@H]1CC(OC(C)=O)[C@@]2(C)[C@]12CO2. The average molecular weight is 350 g/mol. The van der Waals surface area contributed by atoms with Crippen molar-refractivity contribution in [2.45, 2.75) is 70.9 Å². The Labute approximate surface area is 147 Å². The van der Waals surface area contributed by atoms with Gasteiger partial charge in [0.1, 0.15) is 18.3 Å². The van der Waals surface area contributed by atoms with Gasteiger partial charge in [-0.15, -0.1) is 0 Å². The molecule has 6 atom stereocenters. The molecule has 0 radical (unpaired) electrons. The number of ether oxygens (including phenoxy) is 4. The van der Waals surface area contributed by atoms with Crippen molar-refractivity contribution in [2.75, 3.05) is 13.2 Å². The van der Waals surface area contributed by atoms with Crippen molar-refractivity contribution in [1.82, 2.24) is 0 Å². The van der Waals surface area contributed by atoms with E-state index >= 15 is 0 Å². The Morgan fingerprint density at radius 3 is 2.64 bits per heavy atom. The van der Waals surface area contributed by atoms with Crippen molar-refractivity contribution in [3.8, 4) is 0 Å². The van der Waals surface area contributed by atoms with Gasteiger partial charge in [0.15, 0.2) is 0 Å². The van der Waals surface area contributed by atoms with Gasteiger partial charge >= 0.3 is 11.9 Å². The summed E-state index contributed by atoms with van der Waals surface area (Å²) in [7, 11) is 0. The molecular formula is C19H26O6. The fraction of sp³-hybridized carbons (Fsp3) is 0.789. The second-order valence-electron chi connectivity index (χ2n) is 8.21. The number of fused-ring (bicyclic) bond motifs is 2. The van der Waals surface area contributed by atoms with E-state index in [9.17, 15) is 9.59 Å². The predicted molar refractivity (Wildman–Crippen MR) is 87.7 cm³/mol. The van der Waals surface area contributed by atoms with Crippen LogP contribution in [0.2, 0.25) is 0 Å². The van der Waals surface area contributed by atoms with Crippen molar-refractivity contribution in [3.05, 3.63) is 11.6 Å². The Kier molecular flexibility index (Phi) is 3.61. The molecule has 4 rings (SSSR count). The lowest BCUT2D eigenvalue weighted by molar-refractivity contribution is -0.233. The van der Waals surface area contributed by atoms with Crippen LogP contribution in [0.1, 0.15) is 47.0 Å². The zero-order chi connectivity index (χ0) is 18.0. The monoisotopic (exact) mass is 350 g/mol. The van der Waals surface area contributed by atoms with Gasteiger partial charge in [0, 0.05) is 25.7 Å². The highest BCUT2D eigenvalue weighted by Crippen LogP contribution is 2.72. The first-order valence-electron chi connectivity index (χ1n) is 9.02. The Hall–Kier alpha value is -1.40. The molecule has 25 heavy (non-hydrogen) atoms. The fourth-order valence-electron chi connectivity index (χ4n) is 5.56. The molecule has 6 heteroatoms. The molecule has 1 unspecified atom stereocenters. The van der Waals surface area contributed by atoms with Crippen LogP contribution in [-0.2, 0) is 28.5 Å². The number of epoxide rings is 1. The Morgan fingerprint density at radius 2 is 2.04 bits per heavy atom. The summed E-state index contributed by atoms with van der Waals surface area (Å²) in [6.45, 7) is 7.96. The molecule has 1 spiro atoms. The largest absolute Gasteiger partial charge is 0.465 e. The standard InChI is InChI=1S/C19H26O6/c1-11-5-6-18(9-22-12(2)20)15(7-11)25-16-8-14(24-13(3)21)17(18,4)19(16)10-23-19/h7,14-16H,5-6,8-10H2,1-4H3/t14?,15-,16-,17-,18-,19+/m1/s1. The number of carbonyl (C=O) groups is 2. The summed E-state index contributed by atoms with van der Waals surface area (Å²) < 4.78 is 23.7.